The number of alkyl halides is 2. The van der Waals surface area contributed by atoms with E-state index < -0.39 is 17.4 Å². The first-order valence-corrected chi connectivity index (χ1v) is 6.11. The molecule has 1 aliphatic carbocycles. The lowest BCUT2D eigenvalue weighted by atomic mass is 9.97. The number of fused-ring (bicyclic) bond motifs is 1. The number of rotatable bonds is 2. The lowest BCUT2D eigenvalue weighted by Gasteiger charge is -2.14. The Hall–Kier alpha value is -1.85. The van der Waals surface area contributed by atoms with E-state index in [-0.39, 0.29) is 5.56 Å². The summed E-state index contributed by atoms with van der Waals surface area (Å²) in [5.41, 5.74) is -0.485. The molecule has 2 heterocycles. The molecule has 1 aliphatic rings. The van der Waals surface area contributed by atoms with Gasteiger partial charge in [0.15, 0.2) is 0 Å². The fraction of sp³-hybridized carbons (Fsp3) is 0.462. The predicted octanol–water partition coefficient (Wildman–Crippen LogP) is 2.23. The number of H-pyrrole nitrogens is 1. The van der Waals surface area contributed by atoms with Crippen LogP contribution in [0.5, 0.6) is 0 Å². The molecule has 0 aromatic carbocycles. The van der Waals surface area contributed by atoms with Crippen LogP contribution in [0, 0.1) is 13.8 Å². The highest BCUT2D eigenvalue weighted by Crippen LogP contribution is 2.51. The van der Waals surface area contributed by atoms with E-state index in [1.807, 2.05) is 0 Å². The van der Waals surface area contributed by atoms with Gasteiger partial charge < -0.3 is 4.98 Å². The Balaban J connectivity index is 2.29. The normalized spacial score (nSPS) is 17.1. The summed E-state index contributed by atoms with van der Waals surface area (Å²) in [5, 5.41) is 0.632. The van der Waals surface area contributed by atoms with Gasteiger partial charge >= 0.3 is 0 Å². The number of halogens is 2. The van der Waals surface area contributed by atoms with Crippen molar-refractivity contribution < 1.29 is 8.78 Å². The Labute approximate surface area is 107 Å². The Bertz CT molecular complexity index is 720. The van der Waals surface area contributed by atoms with Crippen LogP contribution >= 0.6 is 0 Å². The molecule has 0 bridgehead atoms. The lowest BCUT2D eigenvalue weighted by molar-refractivity contribution is 0.101. The average Bonchev–Trinajstić information content (AvgIpc) is 3.08. The van der Waals surface area contributed by atoms with Gasteiger partial charge in [-0.1, -0.05) is 0 Å². The van der Waals surface area contributed by atoms with Crippen molar-refractivity contribution in [1.82, 2.24) is 15.0 Å². The summed E-state index contributed by atoms with van der Waals surface area (Å²) in [5.74, 6) is 0.545. The third-order valence-corrected chi connectivity index (χ3v) is 3.76. The van der Waals surface area contributed by atoms with Crippen molar-refractivity contribution in [2.75, 3.05) is 0 Å². The molecule has 3 rings (SSSR count). The number of nitrogens with zero attached hydrogens (tertiary/aromatic N) is 2. The first-order valence-electron chi connectivity index (χ1n) is 6.11. The Morgan fingerprint density at radius 1 is 1.32 bits per heavy atom. The molecule has 1 N–H and O–H groups in total. The number of hydrogen-bond acceptors (Lipinski definition) is 3. The van der Waals surface area contributed by atoms with E-state index in [0.29, 0.717) is 35.4 Å². The highest BCUT2D eigenvalue weighted by atomic mass is 19.3. The van der Waals surface area contributed by atoms with Crippen LogP contribution in [0.2, 0.25) is 0 Å². The summed E-state index contributed by atoms with van der Waals surface area (Å²) in [6, 6.07) is 1.53. The summed E-state index contributed by atoms with van der Waals surface area (Å²) >= 11 is 0. The molecule has 0 radical (unpaired) electrons. The van der Waals surface area contributed by atoms with Gasteiger partial charge in [0.2, 0.25) is 6.43 Å². The second kappa shape index (κ2) is 3.82. The maximum absolute atomic E-state index is 13.1. The molecule has 2 aromatic rings. The van der Waals surface area contributed by atoms with E-state index in [4.69, 9.17) is 0 Å². The predicted molar refractivity (Wildman–Crippen MR) is 66.5 cm³/mol. The molecule has 4 nitrogen and oxygen atoms in total. The average molecular weight is 265 g/mol. The highest BCUT2D eigenvalue weighted by Gasteiger charge is 2.54. The van der Waals surface area contributed by atoms with Crippen molar-refractivity contribution >= 4 is 11.0 Å². The fourth-order valence-electron chi connectivity index (χ4n) is 2.48. The van der Waals surface area contributed by atoms with E-state index in [2.05, 4.69) is 15.0 Å². The minimum absolute atomic E-state index is 0.158. The number of aromatic nitrogens is 3. The standard InChI is InChI=1S/C13H13F2N3O/c1-6-8-5-9(13(3-4-13)12(14)15)11(19)18-10(8)17-7(2)16-6/h5,12H,3-4H2,1-2H3,(H,16,17,18,19). The summed E-state index contributed by atoms with van der Waals surface area (Å²) < 4.78 is 26.2. The van der Waals surface area contributed by atoms with Crippen LogP contribution in [-0.2, 0) is 5.41 Å². The Morgan fingerprint density at radius 3 is 2.58 bits per heavy atom. The Morgan fingerprint density at radius 2 is 2.00 bits per heavy atom. The van der Waals surface area contributed by atoms with Crippen LogP contribution in [0.4, 0.5) is 8.78 Å². The Kier molecular flexibility index (Phi) is 2.45. The second-order valence-corrected chi connectivity index (χ2v) is 5.09. The van der Waals surface area contributed by atoms with Gasteiger partial charge in [-0.25, -0.2) is 18.7 Å². The van der Waals surface area contributed by atoms with Crippen LogP contribution in [0.1, 0.15) is 29.9 Å². The van der Waals surface area contributed by atoms with Gasteiger partial charge in [0.05, 0.1) is 11.1 Å². The van der Waals surface area contributed by atoms with Gasteiger partial charge in [0, 0.05) is 10.9 Å². The third kappa shape index (κ3) is 1.74. The zero-order chi connectivity index (χ0) is 13.8. The lowest BCUT2D eigenvalue weighted by Crippen LogP contribution is -2.27. The van der Waals surface area contributed by atoms with Gasteiger partial charge in [-0.2, -0.15) is 0 Å². The van der Waals surface area contributed by atoms with Crippen molar-refractivity contribution in [1.29, 1.82) is 0 Å². The topological polar surface area (TPSA) is 58.6 Å². The number of nitrogens with one attached hydrogen (secondary N) is 1. The van der Waals surface area contributed by atoms with E-state index in [0.717, 1.165) is 0 Å². The first kappa shape index (κ1) is 12.2. The molecule has 6 heteroatoms. The summed E-state index contributed by atoms with van der Waals surface area (Å²) in [7, 11) is 0. The molecule has 2 aromatic heterocycles. The smallest absolute Gasteiger partial charge is 0.253 e. The maximum Gasteiger partial charge on any atom is 0.253 e. The van der Waals surface area contributed by atoms with Crippen molar-refractivity contribution in [3.63, 3.8) is 0 Å². The number of aromatic amines is 1. The fourth-order valence-corrected chi connectivity index (χ4v) is 2.48. The van der Waals surface area contributed by atoms with Crippen LogP contribution in [-0.4, -0.2) is 21.4 Å². The van der Waals surface area contributed by atoms with Gasteiger partial charge in [-0.3, -0.25) is 4.79 Å². The molecule has 0 amide bonds. The van der Waals surface area contributed by atoms with Gasteiger partial charge in [0.1, 0.15) is 11.5 Å². The second-order valence-electron chi connectivity index (χ2n) is 5.09. The SMILES string of the molecule is Cc1nc(C)c2cc(C3(C(F)F)CC3)c(=O)[nH]c2n1. The maximum atomic E-state index is 13.1. The zero-order valence-electron chi connectivity index (χ0n) is 10.6. The molecular formula is C13H13F2N3O. The van der Waals surface area contributed by atoms with E-state index in [1.165, 1.54) is 6.07 Å². The van der Waals surface area contributed by atoms with Crippen molar-refractivity contribution in [2.45, 2.75) is 38.5 Å². The molecular weight excluding hydrogens is 252 g/mol. The molecule has 0 spiro atoms. The monoisotopic (exact) mass is 265 g/mol. The van der Waals surface area contributed by atoms with Crippen LogP contribution in [0.15, 0.2) is 10.9 Å². The molecule has 19 heavy (non-hydrogen) atoms. The summed E-state index contributed by atoms with van der Waals surface area (Å²) in [6.45, 7) is 3.50. The molecule has 0 aliphatic heterocycles. The highest BCUT2D eigenvalue weighted by molar-refractivity contribution is 5.78. The van der Waals surface area contributed by atoms with Gasteiger partial charge in [0.25, 0.3) is 5.56 Å². The van der Waals surface area contributed by atoms with Gasteiger partial charge in [-0.05, 0) is 32.8 Å². The van der Waals surface area contributed by atoms with Crippen molar-refractivity contribution in [3.05, 3.63) is 33.5 Å². The quantitative estimate of drug-likeness (QED) is 0.905. The van der Waals surface area contributed by atoms with Crippen molar-refractivity contribution in [2.24, 2.45) is 0 Å². The number of pyridine rings is 1. The molecule has 0 unspecified atom stereocenters. The molecule has 100 valence electrons. The molecule has 1 saturated carbocycles. The van der Waals surface area contributed by atoms with Crippen LogP contribution in [0.3, 0.4) is 0 Å². The van der Waals surface area contributed by atoms with E-state index in [9.17, 15) is 13.6 Å². The van der Waals surface area contributed by atoms with E-state index in [1.54, 1.807) is 13.8 Å². The first-order chi connectivity index (χ1) is 8.94. The van der Waals surface area contributed by atoms with Crippen LogP contribution in [0.25, 0.3) is 11.0 Å². The number of hydrogen-bond donors (Lipinski definition) is 1. The number of aryl methyl sites for hydroxylation is 2. The van der Waals surface area contributed by atoms with E-state index >= 15 is 0 Å². The minimum Gasteiger partial charge on any atom is -0.306 e. The molecule has 1 fully saturated rings. The largest absolute Gasteiger partial charge is 0.306 e. The van der Waals surface area contributed by atoms with Crippen LogP contribution < -0.4 is 5.56 Å². The molecule has 0 atom stereocenters. The third-order valence-electron chi connectivity index (χ3n) is 3.76. The summed E-state index contributed by atoms with van der Waals surface area (Å²) in [6.07, 6.45) is -1.81. The minimum atomic E-state index is -2.52. The van der Waals surface area contributed by atoms with Crippen molar-refractivity contribution in [3.8, 4) is 0 Å². The summed E-state index contributed by atoms with van der Waals surface area (Å²) in [4.78, 5) is 22.9. The molecule has 0 saturated heterocycles. The van der Waals surface area contributed by atoms with Gasteiger partial charge in [-0.15, -0.1) is 0 Å². The zero-order valence-corrected chi connectivity index (χ0v) is 10.6.